The van der Waals surface area contributed by atoms with E-state index in [0.717, 1.165) is 5.56 Å². The molecule has 0 radical (unpaired) electrons. The average Bonchev–Trinajstić information content (AvgIpc) is 2.37. The molecule has 2 aromatic carbocycles. The fourth-order valence-corrected chi connectivity index (χ4v) is 2.13. The van der Waals surface area contributed by atoms with Crippen molar-refractivity contribution < 1.29 is 9.90 Å². The lowest BCUT2D eigenvalue weighted by Crippen LogP contribution is -2.31. The highest BCUT2D eigenvalue weighted by atomic mass is 16.4. The van der Waals surface area contributed by atoms with Crippen molar-refractivity contribution in [3.05, 3.63) is 48.0 Å². The number of carboxylic acid groups (broad SMARTS) is 1. The molecule has 94 valence electrons. The first-order chi connectivity index (χ1) is 8.58. The maximum absolute atomic E-state index is 10.8. The summed E-state index contributed by atoms with van der Waals surface area (Å²) >= 11 is 0. The SMILES string of the molecule is CC(CC(N)C(=O)O)c1ccc2ccccc2c1. The van der Waals surface area contributed by atoms with Crippen LogP contribution in [0.2, 0.25) is 0 Å². The summed E-state index contributed by atoms with van der Waals surface area (Å²) in [6.07, 6.45) is 0.452. The Morgan fingerprint density at radius 3 is 2.56 bits per heavy atom. The summed E-state index contributed by atoms with van der Waals surface area (Å²) in [5.41, 5.74) is 6.70. The minimum Gasteiger partial charge on any atom is -0.480 e. The minimum absolute atomic E-state index is 0.140. The topological polar surface area (TPSA) is 63.3 Å². The van der Waals surface area contributed by atoms with Crippen molar-refractivity contribution >= 4 is 16.7 Å². The van der Waals surface area contributed by atoms with E-state index in [4.69, 9.17) is 10.8 Å². The third kappa shape index (κ3) is 2.68. The zero-order valence-electron chi connectivity index (χ0n) is 10.3. The molecule has 0 aliphatic carbocycles. The molecule has 0 amide bonds. The van der Waals surface area contributed by atoms with Gasteiger partial charge in [0.15, 0.2) is 0 Å². The fourth-order valence-electron chi connectivity index (χ4n) is 2.13. The number of rotatable bonds is 4. The summed E-state index contributed by atoms with van der Waals surface area (Å²) in [6, 6.07) is 13.5. The van der Waals surface area contributed by atoms with Gasteiger partial charge in [0.05, 0.1) is 0 Å². The number of fused-ring (bicyclic) bond motifs is 1. The smallest absolute Gasteiger partial charge is 0.320 e. The van der Waals surface area contributed by atoms with Crippen LogP contribution in [0.5, 0.6) is 0 Å². The van der Waals surface area contributed by atoms with Gasteiger partial charge in [-0.25, -0.2) is 0 Å². The van der Waals surface area contributed by atoms with Crippen molar-refractivity contribution in [2.75, 3.05) is 0 Å². The number of nitrogens with two attached hydrogens (primary N) is 1. The lowest BCUT2D eigenvalue weighted by molar-refractivity contribution is -0.138. The molecular weight excluding hydrogens is 226 g/mol. The van der Waals surface area contributed by atoms with Gasteiger partial charge in [-0.1, -0.05) is 49.4 Å². The van der Waals surface area contributed by atoms with Crippen molar-refractivity contribution in [3.8, 4) is 0 Å². The third-order valence-corrected chi connectivity index (χ3v) is 3.27. The summed E-state index contributed by atoms with van der Waals surface area (Å²) in [5, 5.41) is 11.2. The van der Waals surface area contributed by atoms with Crippen LogP contribution in [0.15, 0.2) is 42.5 Å². The highest BCUT2D eigenvalue weighted by Gasteiger charge is 2.16. The van der Waals surface area contributed by atoms with Gasteiger partial charge in [0.1, 0.15) is 6.04 Å². The van der Waals surface area contributed by atoms with E-state index in [1.54, 1.807) is 0 Å². The van der Waals surface area contributed by atoms with E-state index in [9.17, 15) is 4.79 Å². The highest BCUT2D eigenvalue weighted by molar-refractivity contribution is 5.83. The lowest BCUT2D eigenvalue weighted by Gasteiger charge is -2.15. The molecule has 0 bridgehead atoms. The number of hydrogen-bond donors (Lipinski definition) is 2. The van der Waals surface area contributed by atoms with E-state index in [1.165, 1.54) is 10.8 Å². The molecule has 2 atom stereocenters. The van der Waals surface area contributed by atoms with Gasteiger partial charge in [0, 0.05) is 0 Å². The van der Waals surface area contributed by atoms with Crippen LogP contribution in [-0.2, 0) is 4.79 Å². The van der Waals surface area contributed by atoms with Crippen LogP contribution in [0, 0.1) is 0 Å². The molecule has 0 spiro atoms. The lowest BCUT2D eigenvalue weighted by atomic mass is 9.92. The molecule has 2 unspecified atom stereocenters. The molecule has 2 rings (SSSR count). The molecule has 3 heteroatoms. The predicted octanol–water partition coefficient (Wildman–Crippen LogP) is 2.75. The Morgan fingerprint density at radius 1 is 1.22 bits per heavy atom. The fraction of sp³-hybridized carbons (Fsp3) is 0.267. The van der Waals surface area contributed by atoms with Crippen LogP contribution in [0.25, 0.3) is 10.8 Å². The zero-order chi connectivity index (χ0) is 13.1. The van der Waals surface area contributed by atoms with Crippen LogP contribution in [0.3, 0.4) is 0 Å². The second-order valence-electron chi connectivity index (χ2n) is 4.69. The first-order valence-corrected chi connectivity index (χ1v) is 6.05. The summed E-state index contributed by atoms with van der Waals surface area (Å²) in [4.78, 5) is 10.8. The van der Waals surface area contributed by atoms with E-state index < -0.39 is 12.0 Å². The van der Waals surface area contributed by atoms with Gasteiger partial charge in [-0.05, 0) is 28.7 Å². The van der Waals surface area contributed by atoms with Gasteiger partial charge in [-0.15, -0.1) is 0 Å². The van der Waals surface area contributed by atoms with Crippen LogP contribution in [-0.4, -0.2) is 17.1 Å². The number of benzene rings is 2. The second kappa shape index (κ2) is 5.19. The predicted molar refractivity (Wildman–Crippen MR) is 72.6 cm³/mol. The van der Waals surface area contributed by atoms with Gasteiger partial charge in [-0.2, -0.15) is 0 Å². The largest absolute Gasteiger partial charge is 0.480 e. The van der Waals surface area contributed by atoms with E-state index in [2.05, 4.69) is 24.3 Å². The normalized spacial score (nSPS) is 14.3. The van der Waals surface area contributed by atoms with Crippen molar-refractivity contribution in [3.63, 3.8) is 0 Å². The highest BCUT2D eigenvalue weighted by Crippen LogP contribution is 2.24. The number of carbonyl (C=O) groups is 1. The van der Waals surface area contributed by atoms with Gasteiger partial charge >= 0.3 is 5.97 Å². The van der Waals surface area contributed by atoms with Crippen LogP contribution < -0.4 is 5.73 Å². The molecule has 0 heterocycles. The Balaban J connectivity index is 2.22. The maximum atomic E-state index is 10.8. The molecule has 0 saturated heterocycles. The van der Waals surface area contributed by atoms with Crippen molar-refractivity contribution in [2.45, 2.75) is 25.3 Å². The Labute approximate surface area is 106 Å². The first kappa shape index (κ1) is 12.6. The molecule has 0 saturated carbocycles. The van der Waals surface area contributed by atoms with Gasteiger partial charge < -0.3 is 10.8 Å². The van der Waals surface area contributed by atoms with E-state index in [-0.39, 0.29) is 5.92 Å². The van der Waals surface area contributed by atoms with Crippen molar-refractivity contribution in [1.82, 2.24) is 0 Å². The first-order valence-electron chi connectivity index (χ1n) is 6.05. The molecule has 0 aromatic heterocycles. The van der Waals surface area contributed by atoms with Crippen molar-refractivity contribution in [2.24, 2.45) is 5.73 Å². The average molecular weight is 243 g/mol. The van der Waals surface area contributed by atoms with E-state index >= 15 is 0 Å². The van der Waals surface area contributed by atoms with Crippen LogP contribution >= 0.6 is 0 Å². The standard InChI is InChI=1S/C15H17NO2/c1-10(8-14(16)15(17)18)12-7-6-11-4-2-3-5-13(11)9-12/h2-7,9-10,14H,8,16H2,1H3,(H,17,18). The maximum Gasteiger partial charge on any atom is 0.320 e. The Hall–Kier alpha value is -1.87. The summed E-state index contributed by atoms with van der Waals surface area (Å²) in [5.74, 6) is -0.802. The van der Waals surface area contributed by atoms with Gasteiger partial charge in [0.2, 0.25) is 0 Å². The molecule has 2 aromatic rings. The van der Waals surface area contributed by atoms with E-state index in [1.807, 2.05) is 25.1 Å². The van der Waals surface area contributed by atoms with Crippen molar-refractivity contribution in [1.29, 1.82) is 0 Å². The molecule has 3 N–H and O–H groups in total. The summed E-state index contributed by atoms with van der Waals surface area (Å²) < 4.78 is 0. The molecule has 0 aliphatic rings. The van der Waals surface area contributed by atoms with Crippen LogP contribution in [0.1, 0.15) is 24.8 Å². The Morgan fingerprint density at radius 2 is 1.89 bits per heavy atom. The quantitative estimate of drug-likeness (QED) is 0.867. The summed E-state index contributed by atoms with van der Waals surface area (Å²) in [6.45, 7) is 2.01. The molecule has 0 aliphatic heterocycles. The molecular formula is C15H17NO2. The minimum atomic E-state index is -0.942. The zero-order valence-corrected chi connectivity index (χ0v) is 10.3. The Bertz CT molecular complexity index is 565. The monoisotopic (exact) mass is 243 g/mol. The number of carboxylic acids is 1. The third-order valence-electron chi connectivity index (χ3n) is 3.27. The molecule has 0 fully saturated rings. The molecule has 3 nitrogen and oxygen atoms in total. The Kier molecular flexibility index (Phi) is 3.63. The van der Waals surface area contributed by atoms with E-state index in [0.29, 0.717) is 6.42 Å². The summed E-state index contributed by atoms with van der Waals surface area (Å²) in [7, 11) is 0. The molecule has 18 heavy (non-hydrogen) atoms. The number of aliphatic carboxylic acids is 1. The van der Waals surface area contributed by atoms with Gasteiger partial charge in [-0.3, -0.25) is 4.79 Å². The second-order valence-corrected chi connectivity index (χ2v) is 4.69. The van der Waals surface area contributed by atoms with Crippen LogP contribution in [0.4, 0.5) is 0 Å². The van der Waals surface area contributed by atoms with Gasteiger partial charge in [0.25, 0.3) is 0 Å². The number of hydrogen-bond acceptors (Lipinski definition) is 2.